The van der Waals surface area contributed by atoms with Crippen molar-refractivity contribution < 1.29 is 4.74 Å². The molecule has 0 radical (unpaired) electrons. The SMILES string of the molecule is CCC(C)c1nc(N)c2c(n1)CCOC2. The highest BCUT2D eigenvalue weighted by Crippen LogP contribution is 2.23. The van der Waals surface area contributed by atoms with Crippen LogP contribution in [0.5, 0.6) is 0 Å². The second kappa shape index (κ2) is 4.14. The fourth-order valence-corrected chi connectivity index (χ4v) is 1.68. The van der Waals surface area contributed by atoms with Gasteiger partial charge in [0.05, 0.1) is 18.9 Å². The van der Waals surface area contributed by atoms with Crippen LogP contribution < -0.4 is 5.73 Å². The van der Waals surface area contributed by atoms with Gasteiger partial charge in [0, 0.05) is 17.9 Å². The number of ether oxygens (including phenoxy) is 1. The second-order valence-electron chi connectivity index (χ2n) is 4.00. The summed E-state index contributed by atoms with van der Waals surface area (Å²) >= 11 is 0. The van der Waals surface area contributed by atoms with Crippen molar-refractivity contribution in [1.82, 2.24) is 9.97 Å². The predicted octanol–water partition coefficient (Wildman–Crippen LogP) is 1.65. The first-order valence-electron chi connectivity index (χ1n) is 5.45. The number of hydrogen-bond donors (Lipinski definition) is 1. The number of nitrogens with zero attached hydrogens (tertiary/aromatic N) is 2. The molecule has 1 unspecified atom stereocenters. The molecule has 0 saturated heterocycles. The van der Waals surface area contributed by atoms with Crippen molar-refractivity contribution in [3.63, 3.8) is 0 Å². The zero-order valence-corrected chi connectivity index (χ0v) is 9.29. The van der Waals surface area contributed by atoms with Crippen molar-refractivity contribution in [2.75, 3.05) is 12.3 Å². The molecule has 1 aliphatic heterocycles. The Morgan fingerprint density at radius 1 is 1.47 bits per heavy atom. The number of aromatic nitrogens is 2. The lowest BCUT2D eigenvalue weighted by atomic mass is 10.1. The molecule has 0 saturated carbocycles. The second-order valence-corrected chi connectivity index (χ2v) is 4.00. The minimum absolute atomic E-state index is 0.375. The van der Waals surface area contributed by atoms with Crippen LogP contribution in [0.4, 0.5) is 5.82 Å². The molecule has 1 aromatic heterocycles. The van der Waals surface area contributed by atoms with Gasteiger partial charge in [0.1, 0.15) is 11.6 Å². The van der Waals surface area contributed by atoms with Crippen LogP contribution in [0.15, 0.2) is 0 Å². The van der Waals surface area contributed by atoms with E-state index in [9.17, 15) is 0 Å². The van der Waals surface area contributed by atoms with Crippen molar-refractivity contribution in [1.29, 1.82) is 0 Å². The summed E-state index contributed by atoms with van der Waals surface area (Å²) in [5, 5.41) is 0. The molecule has 2 N–H and O–H groups in total. The molecule has 15 heavy (non-hydrogen) atoms. The number of fused-ring (bicyclic) bond motifs is 1. The van der Waals surface area contributed by atoms with Gasteiger partial charge in [-0.1, -0.05) is 13.8 Å². The zero-order valence-electron chi connectivity index (χ0n) is 9.29. The standard InChI is InChI=1S/C11H17N3O/c1-3-7(2)11-13-9-4-5-15-6-8(9)10(12)14-11/h7H,3-6H2,1-2H3,(H2,12,13,14). The van der Waals surface area contributed by atoms with Gasteiger partial charge in [0.15, 0.2) is 0 Å². The molecule has 1 aromatic rings. The summed E-state index contributed by atoms with van der Waals surface area (Å²) < 4.78 is 5.34. The minimum atomic E-state index is 0.375. The monoisotopic (exact) mass is 207 g/mol. The Morgan fingerprint density at radius 3 is 3.00 bits per heavy atom. The van der Waals surface area contributed by atoms with E-state index in [1.54, 1.807) is 0 Å². The first kappa shape index (κ1) is 10.4. The minimum Gasteiger partial charge on any atom is -0.383 e. The van der Waals surface area contributed by atoms with Crippen molar-refractivity contribution in [3.05, 3.63) is 17.1 Å². The molecule has 2 heterocycles. The van der Waals surface area contributed by atoms with E-state index in [0.29, 0.717) is 18.3 Å². The molecule has 0 bridgehead atoms. The third-order valence-corrected chi connectivity index (χ3v) is 2.92. The van der Waals surface area contributed by atoms with Crippen LogP contribution in [0.3, 0.4) is 0 Å². The highest BCUT2D eigenvalue weighted by atomic mass is 16.5. The molecular formula is C11H17N3O. The van der Waals surface area contributed by atoms with E-state index >= 15 is 0 Å². The lowest BCUT2D eigenvalue weighted by molar-refractivity contribution is 0.109. The molecule has 0 aromatic carbocycles. The summed E-state index contributed by atoms with van der Waals surface area (Å²) in [5.41, 5.74) is 7.96. The van der Waals surface area contributed by atoms with Crippen molar-refractivity contribution in [2.45, 2.75) is 39.2 Å². The summed E-state index contributed by atoms with van der Waals surface area (Å²) in [4.78, 5) is 8.92. The topological polar surface area (TPSA) is 61.0 Å². The molecule has 0 spiro atoms. The Hall–Kier alpha value is -1.16. The quantitative estimate of drug-likeness (QED) is 0.801. The van der Waals surface area contributed by atoms with Gasteiger partial charge in [-0.05, 0) is 6.42 Å². The number of hydrogen-bond acceptors (Lipinski definition) is 4. The normalized spacial score (nSPS) is 17.2. The molecule has 1 aliphatic rings. The Morgan fingerprint density at radius 2 is 2.27 bits per heavy atom. The van der Waals surface area contributed by atoms with Crippen LogP contribution in [0, 0.1) is 0 Å². The van der Waals surface area contributed by atoms with Gasteiger partial charge in [-0.25, -0.2) is 9.97 Å². The van der Waals surface area contributed by atoms with E-state index in [4.69, 9.17) is 10.5 Å². The smallest absolute Gasteiger partial charge is 0.133 e. The maximum absolute atomic E-state index is 5.90. The number of rotatable bonds is 2. The van der Waals surface area contributed by atoms with E-state index in [1.165, 1.54) is 0 Å². The lowest BCUT2D eigenvalue weighted by Crippen LogP contribution is -2.17. The van der Waals surface area contributed by atoms with Gasteiger partial charge in [0.25, 0.3) is 0 Å². The molecule has 4 heteroatoms. The molecule has 1 atom stereocenters. The van der Waals surface area contributed by atoms with Crippen molar-refractivity contribution in [2.24, 2.45) is 0 Å². The fourth-order valence-electron chi connectivity index (χ4n) is 1.68. The van der Waals surface area contributed by atoms with E-state index < -0.39 is 0 Å². The predicted molar refractivity (Wildman–Crippen MR) is 58.5 cm³/mol. The third-order valence-electron chi connectivity index (χ3n) is 2.92. The average molecular weight is 207 g/mol. The number of anilines is 1. The third kappa shape index (κ3) is 1.95. The van der Waals surface area contributed by atoms with Crippen LogP contribution in [0.1, 0.15) is 43.3 Å². The van der Waals surface area contributed by atoms with Crippen molar-refractivity contribution in [3.8, 4) is 0 Å². The number of nitrogens with two attached hydrogens (primary N) is 1. The molecule has 0 aliphatic carbocycles. The van der Waals surface area contributed by atoms with Gasteiger partial charge in [-0.2, -0.15) is 0 Å². The maximum Gasteiger partial charge on any atom is 0.133 e. The molecule has 0 fully saturated rings. The maximum atomic E-state index is 5.90. The largest absolute Gasteiger partial charge is 0.383 e. The summed E-state index contributed by atoms with van der Waals surface area (Å²) in [6.45, 7) is 5.55. The summed E-state index contributed by atoms with van der Waals surface area (Å²) in [5.74, 6) is 1.84. The van der Waals surface area contributed by atoms with E-state index in [2.05, 4.69) is 23.8 Å². The molecule has 2 rings (SSSR count). The highest BCUT2D eigenvalue weighted by Gasteiger charge is 2.18. The lowest BCUT2D eigenvalue weighted by Gasteiger charge is -2.19. The van der Waals surface area contributed by atoms with Crippen LogP contribution >= 0.6 is 0 Å². The first-order chi connectivity index (χ1) is 7.22. The van der Waals surface area contributed by atoms with Crippen molar-refractivity contribution >= 4 is 5.82 Å². The van der Waals surface area contributed by atoms with Gasteiger partial charge in [-0.15, -0.1) is 0 Å². The summed E-state index contributed by atoms with van der Waals surface area (Å²) in [6, 6.07) is 0. The first-order valence-corrected chi connectivity index (χ1v) is 5.45. The van der Waals surface area contributed by atoms with Crippen LogP contribution in [0.2, 0.25) is 0 Å². The Bertz CT molecular complexity index is 365. The van der Waals surface area contributed by atoms with E-state index in [-0.39, 0.29) is 0 Å². The fraction of sp³-hybridized carbons (Fsp3) is 0.636. The molecule has 82 valence electrons. The molecule has 4 nitrogen and oxygen atoms in total. The van der Waals surface area contributed by atoms with Gasteiger partial charge in [-0.3, -0.25) is 0 Å². The zero-order chi connectivity index (χ0) is 10.8. The summed E-state index contributed by atoms with van der Waals surface area (Å²) in [6.07, 6.45) is 1.89. The Labute approximate surface area is 89.9 Å². The Balaban J connectivity index is 2.40. The highest BCUT2D eigenvalue weighted by molar-refractivity contribution is 5.43. The summed E-state index contributed by atoms with van der Waals surface area (Å²) in [7, 11) is 0. The van der Waals surface area contributed by atoms with E-state index in [0.717, 1.165) is 36.5 Å². The van der Waals surface area contributed by atoms with Crippen LogP contribution in [-0.2, 0) is 17.8 Å². The van der Waals surface area contributed by atoms with Gasteiger partial charge < -0.3 is 10.5 Å². The Kier molecular flexibility index (Phi) is 2.86. The average Bonchev–Trinajstić information content (AvgIpc) is 2.28. The number of nitrogen functional groups attached to an aromatic ring is 1. The van der Waals surface area contributed by atoms with Gasteiger partial charge in [0.2, 0.25) is 0 Å². The van der Waals surface area contributed by atoms with E-state index in [1.807, 2.05) is 0 Å². The van der Waals surface area contributed by atoms with Gasteiger partial charge >= 0.3 is 0 Å². The molecular weight excluding hydrogens is 190 g/mol. The molecule has 0 amide bonds. The van der Waals surface area contributed by atoms with Crippen LogP contribution in [0.25, 0.3) is 0 Å². The van der Waals surface area contributed by atoms with Crippen LogP contribution in [-0.4, -0.2) is 16.6 Å².